The average Bonchev–Trinajstić information content (AvgIpc) is 2.82. The SMILES string of the molecule is Cc1[nH]nc2c1C(C(=O)O)C1=C(COC1=O)N2. The van der Waals surface area contributed by atoms with E-state index in [1.165, 1.54) is 0 Å². The molecular weight excluding hydrogens is 226 g/mol. The molecule has 0 saturated heterocycles. The van der Waals surface area contributed by atoms with Crippen LogP contribution in [0.2, 0.25) is 0 Å². The molecule has 1 aromatic rings. The molecule has 1 aromatic heterocycles. The highest BCUT2D eigenvalue weighted by atomic mass is 16.5. The Morgan fingerprint density at radius 2 is 2.35 bits per heavy atom. The van der Waals surface area contributed by atoms with Crippen LogP contribution in [0.1, 0.15) is 17.2 Å². The van der Waals surface area contributed by atoms with Crippen LogP contribution in [-0.4, -0.2) is 33.8 Å². The number of aliphatic carboxylic acids is 1. The van der Waals surface area contributed by atoms with Gasteiger partial charge in [-0.25, -0.2) is 4.79 Å². The van der Waals surface area contributed by atoms with E-state index in [1.54, 1.807) is 6.92 Å². The first kappa shape index (κ1) is 9.88. The average molecular weight is 235 g/mol. The first-order valence-electron chi connectivity index (χ1n) is 5.04. The van der Waals surface area contributed by atoms with E-state index in [-0.39, 0.29) is 12.2 Å². The molecule has 0 spiro atoms. The van der Waals surface area contributed by atoms with Gasteiger partial charge in [-0.2, -0.15) is 5.10 Å². The smallest absolute Gasteiger partial charge is 0.337 e. The summed E-state index contributed by atoms with van der Waals surface area (Å²) in [5.41, 5.74) is 1.79. The van der Waals surface area contributed by atoms with Crippen LogP contribution >= 0.6 is 0 Å². The van der Waals surface area contributed by atoms with Crippen LogP contribution in [-0.2, 0) is 14.3 Å². The second kappa shape index (κ2) is 3.09. The van der Waals surface area contributed by atoms with Crippen LogP contribution in [0, 0.1) is 6.92 Å². The monoisotopic (exact) mass is 235 g/mol. The molecule has 7 heteroatoms. The van der Waals surface area contributed by atoms with Gasteiger partial charge in [-0.15, -0.1) is 0 Å². The van der Waals surface area contributed by atoms with Gasteiger partial charge in [0.05, 0.1) is 11.3 Å². The number of aromatic nitrogens is 2. The van der Waals surface area contributed by atoms with Crippen molar-refractivity contribution in [1.82, 2.24) is 10.2 Å². The summed E-state index contributed by atoms with van der Waals surface area (Å²) < 4.78 is 4.84. The molecule has 2 aliphatic heterocycles. The van der Waals surface area contributed by atoms with E-state index in [2.05, 4.69) is 15.5 Å². The maximum absolute atomic E-state index is 11.6. The van der Waals surface area contributed by atoms with E-state index < -0.39 is 17.9 Å². The van der Waals surface area contributed by atoms with Gasteiger partial charge >= 0.3 is 11.9 Å². The topological polar surface area (TPSA) is 104 Å². The minimum absolute atomic E-state index is 0.0727. The lowest BCUT2D eigenvalue weighted by Crippen LogP contribution is -2.24. The van der Waals surface area contributed by atoms with Gasteiger partial charge in [0, 0.05) is 11.3 Å². The fourth-order valence-corrected chi connectivity index (χ4v) is 2.23. The normalized spacial score (nSPS) is 21.7. The number of carbonyl (C=O) groups excluding carboxylic acids is 1. The molecule has 0 aromatic carbocycles. The lowest BCUT2D eigenvalue weighted by Gasteiger charge is -2.20. The van der Waals surface area contributed by atoms with E-state index in [0.29, 0.717) is 22.8 Å². The van der Waals surface area contributed by atoms with Crippen molar-refractivity contribution in [3.63, 3.8) is 0 Å². The number of hydrogen-bond acceptors (Lipinski definition) is 5. The Labute approximate surface area is 95.5 Å². The number of ether oxygens (including phenoxy) is 1. The zero-order chi connectivity index (χ0) is 12.2. The Hall–Kier alpha value is -2.31. The molecule has 3 N–H and O–H groups in total. The number of aryl methyl sites for hydroxylation is 1. The van der Waals surface area contributed by atoms with Crippen molar-refractivity contribution in [2.45, 2.75) is 12.8 Å². The summed E-state index contributed by atoms with van der Waals surface area (Å²) >= 11 is 0. The predicted octanol–water partition coefficient (Wildman–Crippen LogP) is 0.123. The molecule has 0 amide bonds. The third kappa shape index (κ3) is 1.19. The highest BCUT2D eigenvalue weighted by Gasteiger charge is 2.43. The number of carboxylic acids is 1. The molecular formula is C10H9N3O4. The Kier molecular flexibility index (Phi) is 1.80. The van der Waals surface area contributed by atoms with Crippen LogP contribution in [0.15, 0.2) is 11.3 Å². The van der Waals surface area contributed by atoms with E-state index in [1.807, 2.05) is 0 Å². The lowest BCUT2D eigenvalue weighted by atomic mass is 9.87. The maximum Gasteiger partial charge on any atom is 0.337 e. The number of carbonyl (C=O) groups is 2. The van der Waals surface area contributed by atoms with Crippen LogP contribution in [0.4, 0.5) is 5.82 Å². The minimum Gasteiger partial charge on any atom is -0.481 e. The van der Waals surface area contributed by atoms with Gasteiger partial charge in [0.15, 0.2) is 5.82 Å². The number of rotatable bonds is 1. The number of carboxylic acid groups (broad SMARTS) is 1. The number of nitrogens with zero attached hydrogens (tertiary/aromatic N) is 1. The number of anilines is 1. The molecule has 2 aliphatic rings. The zero-order valence-electron chi connectivity index (χ0n) is 8.90. The van der Waals surface area contributed by atoms with E-state index in [0.717, 1.165) is 0 Å². The zero-order valence-corrected chi connectivity index (χ0v) is 8.90. The van der Waals surface area contributed by atoms with Crippen LogP contribution in [0.5, 0.6) is 0 Å². The maximum atomic E-state index is 11.6. The fraction of sp³-hybridized carbons (Fsp3) is 0.300. The molecule has 88 valence electrons. The quantitative estimate of drug-likeness (QED) is 0.597. The number of nitrogens with one attached hydrogen (secondary N) is 2. The first-order valence-corrected chi connectivity index (χ1v) is 5.04. The molecule has 1 atom stereocenters. The van der Waals surface area contributed by atoms with Crippen molar-refractivity contribution in [3.8, 4) is 0 Å². The van der Waals surface area contributed by atoms with Crippen molar-refractivity contribution < 1.29 is 19.4 Å². The van der Waals surface area contributed by atoms with Gasteiger partial charge in [0.2, 0.25) is 0 Å². The van der Waals surface area contributed by atoms with Crippen molar-refractivity contribution >= 4 is 17.8 Å². The molecule has 0 fully saturated rings. The lowest BCUT2D eigenvalue weighted by molar-refractivity contribution is -0.142. The molecule has 0 radical (unpaired) electrons. The van der Waals surface area contributed by atoms with Gasteiger partial charge in [-0.1, -0.05) is 0 Å². The Balaban J connectivity index is 2.21. The van der Waals surface area contributed by atoms with Gasteiger partial charge in [-0.3, -0.25) is 9.89 Å². The molecule has 17 heavy (non-hydrogen) atoms. The highest BCUT2D eigenvalue weighted by molar-refractivity contribution is 6.03. The molecule has 7 nitrogen and oxygen atoms in total. The fourth-order valence-electron chi connectivity index (χ4n) is 2.23. The van der Waals surface area contributed by atoms with Crippen molar-refractivity contribution in [3.05, 3.63) is 22.5 Å². The molecule has 0 aliphatic carbocycles. The number of hydrogen-bond donors (Lipinski definition) is 3. The molecule has 3 heterocycles. The van der Waals surface area contributed by atoms with E-state index >= 15 is 0 Å². The van der Waals surface area contributed by atoms with E-state index in [4.69, 9.17) is 4.74 Å². The van der Waals surface area contributed by atoms with Gasteiger partial charge < -0.3 is 15.2 Å². The Morgan fingerprint density at radius 3 is 3.06 bits per heavy atom. The minimum atomic E-state index is -1.08. The highest BCUT2D eigenvalue weighted by Crippen LogP contribution is 2.40. The summed E-state index contributed by atoms with van der Waals surface area (Å²) in [7, 11) is 0. The van der Waals surface area contributed by atoms with Crippen LogP contribution in [0.25, 0.3) is 0 Å². The van der Waals surface area contributed by atoms with Crippen LogP contribution < -0.4 is 5.32 Å². The number of cyclic esters (lactones) is 1. The summed E-state index contributed by atoms with van der Waals surface area (Å²) in [6.07, 6.45) is 0. The molecule has 1 unspecified atom stereocenters. The summed E-state index contributed by atoms with van der Waals surface area (Å²) in [5.74, 6) is -2.21. The van der Waals surface area contributed by atoms with Gasteiger partial charge in [0.25, 0.3) is 0 Å². The predicted molar refractivity (Wildman–Crippen MR) is 55.3 cm³/mol. The second-order valence-corrected chi connectivity index (χ2v) is 3.98. The van der Waals surface area contributed by atoms with Gasteiger partial charge in [0.1, 0.15) is 12.5 Å². The molecule has 0 bridgehead atoms. The number of aromatic amines is 1. The summed E-state index contributed by atoms with van der Waals surface area (Å²) in [4.78, 5) is 22.9. The second-order valence-electron chi connectivity index (χ2n) is 3.98. The number of H-pyrrole nitrogens is 1. The summed E-state index contributed by atoms with van der Waals surface area (Å²) in [6, 6.07) is 0. The van der Waals surface area contributed by atoms with Crippen molar-refractivity contribution in [2.24, 2.45) is 0 Å². The summed E-state index contributed by atoms with van der Waals surface area (Å²) in [5, 5.41) is 18.9. The van der Waals surface area contributed by atoms with E-state index in [9.17, 15) is 14.7 Å². The standard InChI is InChI=1S/C10H9N3O4/c1-3-5-7(9(14)15)6-4(2-17-10(6)16)11-8(5)13-12-3/h7H,2H2,1H3,(H,14,15)(H2,11,12,13). The number of fused-ring (bicyclic) bond motifs is 1. The largest absolute Gasteiger partial charge is 0.481 e. The Bertz CT molecular complexity index is 572. The van der Waals surface area contributed by atoms with Crippen molar-refractivity contribution in [2.75, 3.05) is 11.9 Å². The molecule has 3 rings (SSSR count). The first-order chi connectivity index (χ1) is 8.09. The van der Waals surface area contributed by atoms with Crippen LogP contribution in [0.3, 0.4) is 0 Å². The molecule has 0 saturated carbocycles. The van der Waals surface area contributed by atoms with Crippen molar-refractivity contribution in [1.29, 1.82) is 0 Å². The third-order valence-electron chi connectivity index (χ3n) is 2.98. The Morgan fingerprint density at radius 1 is 1.59 bits per heavy atom. The number of esters is 1. The summed E-state index contributed by atoms with van der Waals surface area (Å²) in [6.45, 7) is 1.79. The third-order valence-corrected chi connectivity index (χ3v) is 2.98. The van der Waals surface area contributed by atoms with Gasteiger partial charge in [-0.05, 0) is 6.92 Å².